The molecule has 1 aromatic heterocycles. The van der Waals surface area contributed by atoms with Crippen molar-refractivity contribution in [2.75, 3.05) is 25.2 Å². The number of thioether (sulfide) groups is 1. The average molecular weight is 257 g/mol. The Morgan fingerprint density at radius 2 is 2.38 bits per heavy atom. The van der Waals surface area contributed by atoms with Gasteiger partial charge in [-0.05, 0) is 36.6 Å². The molecule has 1 aromatic rings. The Kier molecular flexibility index (Phi) is 5.00. The highest BCUT2D eigenvalue weighted by atomic mass is 32.2. The van der Waals surface area contributed by atoms with Crippen molar-refractivity contribution in [3.05, 3.63) is 17.0 Å². The summed E-state index contributed by atoms with van der Waals surface area (Å²) in [4.78, 5) is 1.35. The van der Waals surface area contributed by atoms with Crippen LogP contribution in [0.25, 0.3) is 0 Å². The minimum absolute atomic E-state index is 0.970. The quantitative estimate of drug-likeness (QED) is 0.723. The molecule has 0 aromatic carbocycles. The topological polar surface area (TPSA) is 21.3 Å². The van der Waals surface area contributed by atoms with Gasteiger partial charge >= 0.3 is 0 Å². The van der Waals surface area contributed by atoms with E-state index in [0.717, 1.165) is 24.1 Å². The summed E-state index contributed by atoms with van der Waals surface area (Å²) in [7, 11) is 1.72. The first-order valence-corrected chi connectivity index (χ1v) is 7.77. The number of ether oxygens (including phenoxy) is 1. The molecule has 16 heavy (non-hydrogen) atoms. The van der Waals surface area contributed by atoms with Crippen LogP contribution >= 0.6 is 23.1 Å². The van der Waals surface area contributed by atoms with Gasteiger partial charge in [-0.1, -0.05) is 0 Å². The lowest BCUT2D eigenvalue weighted by atomic mass is 10.4. The van der Waals surface area contributed by atoms with Crippen molar-refractivity contribution in [1.82, 2.24) is 5.32 Å². The highest BCUT2D eigenvalue weighted by Gasteiger charge is 2.20. The largest absolute Gasteiger partial charge is 0.487 e. The Balaban J connectivity index is 1.49. The Hall–Kier alpha value is -0.190. The van der Waals surface area contributed by atoms with E-state index in [0.29, 0.717) is 0 Å². The fourth-order valence-electron chi connectivity index (χ4n) is 1.45. The third-order valence-corrected chi connectivity index (χ3v) is 4.86. The standard InChI is InChI=1S/C12H19NOS2/c1-14-12-5-4-11(16-12)8-13-6-7-15-9-10-2-3-10/h4-5,10,13H,2-3,6-9H2,1H3. The van der Waals surface area contributed by atoms with E-state index in [2.05, 4.69) is 23.1 Å². The first kappa shape index (κ1) is 12.3. The molecule has 0 bridgehead atoms. The number of methoxy groups -OCH3 is 1. The first-order chi connectivity index (χ1) is 7.88. The van der Waals surface area contributed by atoms with Gasteiger partial charge in [-0.15, -0.1) is 11.3 Å². The van der Waals surface area contributed by atoms with E-state index in [1.165, 1.54) is 29.2 Å². The predicted molar refractivity (Wildman–Crippen MR) is 72.6 cm³/mol. The molecule has 0 aliphatic heterocycles. The van der Waals surface area contributed by atoms with Gasteiger partial charge in [0.1, 0.15) is 0 Å². The molecule has 0 spiro atoms. The van der Waals surface area contributed by atoms with E-state index < -0.39 is 0 Å². The summed E-state index contributed by atoms with van der Waals surface area (Å²) >= 11 is 3.80. The van der Waals surface area contributed by atoms with Crippen LogP contribution in [0.2, 0.25) is 0 Å². The van der Waals surface area contributed by atoms with E-state index in [1.807, 2.05) is 6.07 Å². The van der Waals surface area contributed by atoms with Gasteiger partial charge in [0.2, 0.25) is 0 Å². The van der Waals surface area contributed by atoms with Gasteiger partial charge in [0.05, 0.1) is 7.11 Å². The zero-order chi connectivity index (χ0) is 11.2. The zero-order valence-electron chi connectivity index (χ0n) is 9.70. The highest BCUT2D eigenvalue weighted by molar-refractivity contribution is 7.99. The van der Waals surface area contributed by atoms with E-state index in [9.17, 15) is 0 Å². The van der Waals surface area contributed by atoms with Crippen LogP contribution in [0.15, 0.2) is 12.1 Å². The highest BCUT2D eigenvalue weighted by Crippen LogP contribution is 2.32. The van der Waals surface area contributed by atoms with Crippen LogP contribution in [0.3, 0.4) is 0 Å². The molecule has 0 unspecified atom stereocenters. The second-order valence-electron chi connectivity index (χ2n) is 4.12. The number of thiophene rings is 1. The van der Waals surface area contributed by atoms with Crippen molar-refractivity contribution in [2.45, 2.75) is 19.4 Å². The monoisotopic (exact) mass is 257 g/mol. The molecular formula is C12H19NOS2. The van der Waals surface area contributed by atoms with Crippen LogP contribution in [-0.2, 0) is 6.54 Å². The summed E-state index contributed by atoms with van der Waals surface area (Å²) in [5, 5.41) is 4.47. The van der Waals surface area contributed by atoms with Crippen LogP contribution in [0.5, 0.6) is 5.06 Å². The van der Waals surface area contributed by atoms with Gasteiger partial charge in [0.25, 0.3) is 0 Å². The van der Waals surface area contributed by atoms with Gasteiger partial charge in [-0.2, -0.15) is 11.8 Å². The summed E-state index contributed by atoms with van der Waals surface area (Å²) < 4.78 is 5.16. The predicted octanol–water partition coefficient (Wildman–Crippen LogP) is 2.99. The fourth-order valence-corrected chi connectivity index (χ4v) is 3.36. The molecule has 0 saturated heterocycles. The minimum Gasteiger partial charge on any atom is -0.487 e. The molecule has 1 heterocycles. The Bertz CT molecular complexity index is 310. The molecule has 1 aliphatic rings. The van der Waals surface area contributed by atoms with Crippen LogP contribution in [-0.4, -0.2) is 25.2 Å². The molecular weight excluding hydrogens is 238 g/mol. The number of hydrogen-bond donors (Lipinski definition) is 1. The molecule has 1 aliphatic carbocycles. The lowest BCUT2D eigenvalue weighted by Gasteiger charge is -2.02. The summed E-state index contributed by atoms with van der Waals surface area (Å²) in [5.74, 6) is 3.65. The molecule has 0 atom stereocenters. The zero-order valence-corrected chi connectivity index (χ0v) is 11.3. The molecule has 1 fully saturated rings. The van der Waals surface area contributed by atoms with Crippen LogP contribution in [0.1, 0.15) is 17.7 Å². The normalized spacial score (nSPS) is 15.3. The minimum atomic E-state index is 0.970. The lowest BCUT2D eigenvalue weighted by Crippen LogP contribution is -2.16. The third kappa shape index (κ3) is 4.36. The van der Waals surface area contributed by atoms with Crippen molar-refractivity contribution >= 4 is 23.1 Å². The van der Waals surface area contributed by atoms with Crippen LogP contribution in [0.4, 0.5) is 0 Å². The van der Waals surface area contributed by atoms with E-state index >= 15 is 0 Å². The van der Waals surface area contributed by atoms with Crippen molar-refractivity contribution < 1.29 is 4.74 Å². The van der Waals surface area contributed by atoms with Gasteiger partial charge in [-0.3, -0.25) is 0 Å². The van der Waals surface area contributed by atoms with Crippen LogP contribution < -0.4 is 10.1 Å². The maximum atomic E-state index is 5.16. The molecule has 2 nitrogen and oxygen atoms in total. The average Bonchev–Trinajstić information content (AvgIpc) is 3.01. The molecule has 0 amide bonds. The molecule has 0 radical (unpaired) electrons. The Morgan fingerprint density at radius 3 is 3.06 bits per heavy atom. The molecule has 90 valence electrons. The number of nitrogens with one attached hydrogen (secondary N) is 1. The van der Waals surface area contributed by atoms with Gasteiger partial charge < -0.3 is 10.1 Å². The second-order valence-corrected chi connectivity index (χ2v) is 6.40. The summed E-state index contributed by atoms with van der Waals surface area (Å²) in [6.07, 6.45) is 2.94. The maximum absolute atomic E-state index is 5.16. The SMILES string of the molecule is COc1ccc(CNCCSCC2CC2)s1. The number of hydrogen-bond acceptors (Lipinski definition) is 4. The number of rotatable bonds is 8. The molecule has 1 saturated carbocycles. The van der Waals surface area contributed by atoms with Gasteiger partial charge in [0, 0.05) is 23.7 Å². The van der Waals surface area contributed by atoms with Crippen molar-refractivity contribution in [2.24, 2.45) is 5.92 Å². The Morgan fingerprint density at radius 1 is 1.50 bits per heavy atom. The van der Waals surface area contributed by atoms with Gasteiger partial charge in [0.15, 0.2) is 5.06 Å². The first-order valence-electron chi connectivity index (χ1n) is 5.79. The van der Waals surface area contributed by atoms with E-state index in [-0.39, 0.29) is 0 Å². The second kappa shape index (κ2) is 6.52. The smallest absolute Gasteiger partial charge is 0.173 e. The summed E-state index contributed by atoms with van der Waals surface area (Å²) in [5.41, 5.74) is 0. The fraction of sp³-hybridized carbons (Fsp3) is 0.667. The van der Waals surface area contributed by atoms with Crippen molar-refractivity contribution in [3.63, 3.8) is 0 Å². The molecule has 2 rings (SSSR count). The summed E-state index contributed by atoms with van der Waals surface area (Å²) in [6.45, 7) is 2.08. The maximum Gasteiger partial charge on any atom is 0.173 e. The van der Waals surface area contributed by atoms with E-state index in [1.54, 1.807) is 18.4 Å². The van der Waals surface area contributed by atoms with Crippen molar-refractivity contribution in [1.29, 1.82) is 0 Å². The van der Waals surface area contributed by atoms with E-state index in [4.69, 9.17) is 4.74 Å². The molecule has 4 heteroatoms. The molecule has 1 N–H and O–H groups in total. The summed E-state index contributed by atoms with van der Waals surface area (Å²) in [6, 6.07) is 4.16. The van der Waals surface area contributed by atoms with Crippen LogP contribution in [0, 0.1) is 5.92 Å². The van der Waals surface area contributed by atoms with Gasteiger partial charge in [-0.25, -0.2) is 0 Å². The third-order valence-electron chi connectivity index (χ3n) is 2.61. The Labute approximate surface area is 106 Å². The lowest BCUT2D eigenvalue weighted by molar-refractivity contribution is 0.427. The van der Waals surface area contributed by atoms with Crippen molar-refractivity contribution in [3.8, 4) is 5.06 Å².